The Bertz CT molecular complexity index is 1020. The van der Waals surface area contributed by atoms with Gasteiger partial charge in [0, 0.05) is 19.6 Å². The number of aliphatic carboxylic acids is 2. The summed E-state index contributed by atoms with van der Waals surface area (Å²) in [4.78, 5) is 36.7. The maximum absolute atomic E-state index is 12.0. The number of nitrogens with one attached hydrogen (secondary N) is 1. The van der Waals surface area contributed by atoms with Gasteiger partial charge >= 0.3 is 11.9 Å². The number of amides is 1. The molecule has 32 heavy (non-hydrogen) atoms. The molecule has 0 unspecified atom stereocenters. The molecule has 4 rings (SSSR count). The Morgan fingerprint density at radius 3 is 2.41 bits per heavy atom. The Balaban J connectivity index is 0.000000427. The molecule has 1 aliphatic rings. The third-order valence-electron chi connectivity index (χ3n) is 4.62. The van der Waals surface area contributed by atoms with Crippen LogP contribution in [0.3, 0.4) is 0 Å². The van der Waals surface area contributed by atoms with Crippen molar-refractivity contribution in [1.29, 1.82) is 0 Å². The molecule has 2 aromatic heterocycles. The summed E-state index contributed by atoms with van der Waals surface area (Å²) in [6.07, 6.45) is 2.42. The number of likely N-dealkylation sites (tertiary alicyclic amines) is 1. The average Bonchev–Trinajstić information content (AvgIpc) is 3.43. The largest absolute Gasteiger partial charge is 0.473 e. The fourth-order valence-corrected chi connectivity index (χ4v) is 3.01. The van der Waals surface area contributed by atoms with Crippen LogP contribution in [-0.4, -0.2) is 69.3 Å². The molecule has 0 radical (unpaired) electrons. The summed E-state index contributed by atoms with van der Waals surface area (Å²) in [6.45, 7) is 2.53. The van der Waals surface area contributed by atoms with E-state index in [-0.39, 0.29) is 11.8 Å². The zero-order valence-corrected chi connectivity index (χ0v) is 17.0. The van der Waals surface area contributed by atoms with Crippen LogP contribution in [0.5, 0.6) is 0 Å². The van der Waals surface area contributed by atoms with Gasteiger partial charge in [0.15, 0.2) is 5.76 Å². The zero-order chi connectivity index (χ0) is 22.9. The first-order valence-corrected chi connectivity index (χ1v) is 9.79. The van der Waals surface area contributed by atoms with Crippen molar-refractivity contribution in [3.05, 3.63) is 60.2 Å². The van der Waals surface area contributed by atoms with Crippen LogP contribution in [0.2, 0.25) is 0 Å². The number of carboxylic acids is 2. The van der Waals surface area contributed by atoms with Crippen LogP contribution < -0.4 is 5.32 Å². The molecule has 1 fully saturated rings. The van der Waals surface area contributed by atoms with Gasteiger partial charge in [0.25, 0.3) is 0 Å². The van der Waals surface area contributed by atoms with Crippen LogP contribution >= 0.6 is 0 Å². The van der Waals surface area contributed by atoms with Crippen molar-refractivity contribution in [2.45, 2.75) is 12.3 Å². The number of carbonyl (C=O) groups is 3. The van der Waals surface area contributed by atoms with Gasteiger partial charge < -0.3 is 24.5 Å². The molecule has 0 saturated carbocycles. The molecule has 168 valence electrons. The highest BCUT2D eigenvalue weighted by Crippen LogP contribution is 2.27. The normalized spacial score (nSPS) is 13.5. The van der Waals surface area contributed by atoms with Gasteiger partial charge in [0.1, 0.15) is 0 Å². The molecule has 0 atom stereocenters. The second-order valence-electron chi connectivity index (χ2n) is 7.02. The lowest BCUT2D eigenvalue weighted by Crippen LogP contribution is -2.49. The summed E-state index contributed by atoms with van der Waals surface area (Å²) in [5.41, 5.74) is 1.22. The Morgan fingerprint density at radius 1 is 1.06 bits per heavy atom. The quantitative estimate of drug-likeness (QED) is 0.454. The van der Waals surface area contributed by atoms with Crippen LogP contribution in [0.4, 0.5) is 0 Å². The molecule has 0 aliphatic carbocycles. The van der Waals surface area contributed by atoms with Gasteiger partial charge in [-0.25, -0.2) is 9.59 Å². The first-order valence-electron chi connectivity index (χ1n) is 9.79. The topological polar surface area (TPSA) is 159 Å². The van der Waals surface area contributed by atoms with E-state index >= 15 is 0 Å². The second kappa shape index (κ2) is 10.9. The van der Waals surface area contributed by atoms with Crippen molar-refractivity contribution in [1.82, 2.24) is 20.4 Å². The highest BCUT2D eigenvalue weighted by Gasteiger charge is 2.33. The predicted molar refractivity (Wildman–Crippen MR) is 110 cm³/mol. The predicted octanol–water partition coefficient (Wildman–Crippen LogP) is 1.24. The minimum absolute atomic E-state index is 0.0428. The smallest absolute Gasteiger partial charge is 0.414 e. The number of carboxylic acid groups (broad SMARTS) is 2. The molecule has 1 aliphatic heterocycles. The first-order chi connectivity index (χ1) is 15.4. The van der Waals surface area contributed by atoms with E-state index in [2.05, 4.69) is 32.5 Å². The first kappa shape index (κ1) is 22.7. The highest BCUT2D eigenvalue weighted by molar-refractivity contribution is 6.27. The Morgan fingerprint density at radius 2 is 1.78 bits per heavy atom. The van der Waals surface area contributed by atoms with E-state index in [0.29, 0.717) is 30.6 Å². The van der Waals surface area contributed by atoms with Gasteiger partial charge in [-0.3, -0.25) is 9.69 Å². The van der Waals surface area contributed by atoms with Crippen LogP contribution in [0, 0.1) is 0 Å². The van der Waals surface area contributed by atoms with E-state index in [1.165, 1.54) is 5.56 Å². The van der Waals surface area contributed by atoms with E-state index < -0.39 is 11.9 Å². The molecule has 11 heteroatoms. The highest BCUT2D eigenvalue weighted by atomic mass is 16.5. The fourth-order valence-electron chi connectivity index (χ4n) is 3.01. The molecule has 3 heterocycles. The van der Waals surface area contributed by atoms with Crippen molar-refractivity contribution < 1.29 is 33.5 Å². The van der Waals surface area contributed by atoms with Crippen LogP contribution in [0.1, 0.15) is 17.4 Å². The molecule has 0 spiro atoms. The summed E-state index contributed by atoms with van der Waals surface area (Å²) in [5, 5.41) is 21.7. The van der Waals surface area contributed by atoms with Crippen molar-refractivity contribution in [2.24, 2.45) is 0 Å². The molecular formula is C21H22N4O7. The lowest BCUT2D eigenvalue weighted by atomic mass is 10.0. The van der Waals surface area contributed by atoms with Crippen molar-refractivity contribution in [3.8, 4) is 11.6 Å². The van der Waals surface area contributed by atoms with Crippen LogP contribution in [-0.2, 0) is 20.8 Å². The lowest BCUT2D eigenvalue weighted by molar-refractivity contribution is -0.159. The van der Waals surface area contributed by atoms with E-state index in [9.17, 15) is 4.79 Å². The van der Waals surface area contributed by atoms with E-state index in [1.807, 2.05) is 18.2 Å². The molecule has 1 saturated heterocycles. The third-order valence-corrected chi connectivity index (χ3v) is 4.62. The molecular weight excluding hydrogens is 420 g/mol. The van der Waals surface area contributed by atoms with Crippen LogP contribution in [0.25, 0.3) is 11.6 Å². The molecule has 0 bridgehead atoms. The summed E-state index contributed by atoms with van der Waals surface area (Å²) < 4.78 is 10.6. The monoisotopic (exact) mass is 442 g/mol. The average molecular weight is 442 g/mol. The Labute approximate surface area is 182 Å². The van der Waals surface area contributed by atoms with Crippen LogP contribution in [0.15, 0.2) is 57.7 Å². The number of hydrogen-bond acceptors (Lipinski definition) is 8. The molecule has 11 nitrogen and oxygen atoms in total. The Hall–Kier alpha value is -3.99. The molecule has 3 aromatic rings. The van der Waals surface area contributed by atoms with Gasteiger partial charge in [-0.15, -0.1) is 0 Å². The molecule has 3 N–H and O–H groups in total. The SMILES string of the molecule is O=C(CN1CC(c2nc(-c3ccco3)no2)C1)NCCc1ccccc1.O=C(O)C(=O)O. The third kappa shape index (κ3) is 6.51. The maximum Gasteiger partial charge on any atom is 0.414 e. The van der Waals surface area contributed by atoms with Crippen molar-refractivity contribution in [3.63, 3.8) is 0 Å². The van der Waals surface area contributed by atoms with Crippen molar-refractivity contribution in [2.75, 3.05) is 26.2 Å². The number of hydrogen-bond donors (Lipinski definition) is 3. The number of aromatic nitrogens is 2. The van der Waals surface area contributed by atoms with Gasteiger partial charge in [-0.05, 0) is 24.1 Å². The number of furan rings is 1. The number of benzene rings is 1. The summed E-state index contributed by atoms with van der Waals surface area (Å²) in [6, 6.07) is 13.7. The number of nitrogens with zero attached hydrogens (tertiary/aromatic N) is 3. The Kier molecular flexibility index (Phi) is 7.70. The summed E-state index contributed by atoms with van der Waals surface area (Å²) >= 11 is 0. The van der Waals surface area contributed by atoms with E-state index in [0.717, 1.165) is 19.5 Å². The van der Waals surface area contributed by atoms with Gasteiger partial charge in [-0.1, -0.05) is 35.5 Å². The summed E-state index contributed by atoms with van der Waals surface area (Å²) in [7, 11) is 0. The zero-order valence-electron chi connectivity index (χ0n) is 17.0. The van der Waals surface area contributed by atoms with E-state index in [1.54, 1.807) is 18.4 Å². The summed E-state index contributed by atoms with van der Waals surface area (Å²) in [5.74, 6) is -1.79. The lowest BCUT2D eigenvalue weighted by Gasteiger charge is -2.36. The number of rotatable bonds is 7. The van der Waals surface area contributed by atoms with Crippen molar-refractivity contribution >= 4 is 17.8 Å². The fraction of sp³-hybridized carbons (Fsp3) is 0.286. The number of carbonyl (C=O) groups excluding carboxylic acids is 1. The molecule has 1 amide bonds. The van der Waals surface area contributed by atoms with E-state index in [4.69, 9.17) is 28.7 Å². The molecule has 1 aromatic carbocycles. The second-order valence-corrected chi connectivity index (χ2v) is 7.02. The minimum atomic E-state index is -1.82. The standard InChI is InChI=1S/C19H20N4O3.C2H2O4/c24-17(20-9-8-14-5-2-1-3-6-14)13-23-11-15(12-23)19-21-18(22-26-19)16-7-4-10-25-16;3-1(4)2(5)6/h1-7,10,15H,8-9,11-13H2,(H,20,24);(H,3,4)(H,5,6). The van der Waals surface area contributed by atoms with Gasteiger partial charge in [0.2, 0.25) is 17.6 Å². The van der Waals surface area contributed by atoms with Gasteiger partial charge in [-0.2, -0.15) is 4.98 Å². The van der Waals surface area contributed by atoms with Gasteiger partial charge in [0.05, 0.1) is 18.7 Å². The maximum atomic E-state index is 12.0. The minimum Gasteiger partial charge on any atom is -0.473 e.